The average Bonchev–Trinajstić information content (AvgIpc) is 2.73. The highest BCUT2D eigenvalue weighted by atomic mass is 16.5. The van der Waals surface area contributed by atoms with Crippen LogP contribution in [0.2, 0.25) is 0 Å². The van der Waals surface area contributed by atoms with Gasteiger partial charge in [-0.2, -0.15) is 0 Å². The second kappa shape index (κ2) is 13.5. The molecule has 6 nitrogen and oxygen atoms in total. The van der Waals surface area contributed by atoms with Gasteiger partial charge < -0.3 is 19.1 Å². The van der Waals surface area contributed by atoms with Crippen LogP contribution in [0.15, 0.2) is 0 Å². The summed E-state index contributed by atoms with van der Waals surface area (Å²) in [6, 6.07) is 0. The monoisotopic (exact) mass is 408 g/mol. The fourth-order valence-corrected chi connectivity index (χ4v) is 4.38. The van der Waals surface area contributed by atoms with Gasteiger partial charge >= 0.3 is 11.9 Å². The van der Waals surface area contributed by atoms with Crippen molar-refractivity contribution in [1.29, 1.82) is 0 Å². The molecule has 0 unspecified atom stereocenters. The van der Waals surface area contributed by atoms with Crippen LogP contribution in [0.3, 0.4) is 0 Å². The maximum atomic E-state index is 12.0. The van der Waals surface area contributed by atoms with E-state index in [2.05, 4.69) is 0 Å². The van der Waals surface area contributed by atoms with Gasteiger partial charge in [0.1, 0.15) is 24.8 Å². The summed E-state index contributed by atoms with van der Waals surface area (Å²) in [4.78, 5) is 46.1. The lowest BCUT2D eigenvalue weighted by atomic mass is 9.87. The number of carbonyl (C=O) groups is 4. The Bertz CT molecular complexity index is 485. The molecule has 2 rings (SSSR count). The van der Waals surface area contributed by atoms with Gasteiger partial charge in [0.05, 0.1) is 11.8 Å². The van der Waals surface area contributed by atoms with Crippen molar-refractivity contribution in [2.45, 2.75) is 109 Å². The molecular weight excluding hydrogens is 372 g/mol. The molecule has 0 saturated heterocycles. The fourth-order valence-electron chi connectivity index (χ4n) is 4.38. The Morgan fingerprint density at radius 3 is 1.41 bits per heavy atom. The van der Waals surface area contributed by atoms with Gasteiger partial charge in [-0.3, -0.25) is 9.59 Å². The Kier molecular flexibility index (Phi) is 11.0. The summed E-state index contributed by atoms with van der Waals surface area (Å²) in [6.07, 6.45) is 13.8. The van der Waals surface area contributed by atoms with Crippen molar-refractivity contribution in [1.82, 2.24) is 0 Å². The summed E-state index contributed by atoms with van der Waals surface area (Å²) in [6.45, 7) is 0. The van der Waals surface area contributed by atoms with Crippen molar-refractivity contribution < 1.29 is 28.7 Å². The van der Waals surface area contributed by atoms with Crippen molar-refractivity contribution in [2.75, 3.05) is 0 Å². The summed E-state index contributed by atoms with van der Waals surface area (Å²) < 4.78 is 11.0. The van der Waals surface area contributed by atoms with E-state index >= 15 is 0 Å². The molecule has 0 aromatic rings. The zero-order chi connectivity index (χ0) is 20.9. The summed E-state index contributed by atoms with van der Waals surface area (Å²) in [5.41, 5.74) is 0. The van der Waals surface area contributed by atoms with Crippen LogP contribution in [0.25, 0.3) is 0 Å². The quantitative estimate of drug-likeness (QED) is 0.271. The number of hydrogen-bond donors (Lipinski definition) is 0. The van der Waals surface area contributed by atoms with Crippen LogP contribution in [0.4, 0.5) is 0 Å². The van der Waals surface area contributed by atoms with Crippen LogP contribution in [-0.4, -0.2) is 36.7 Å². The van der Waals surface area contributed by atoms with E-state index in [0.717, 1.165) is 96.0 Å². The van der Waals surface area contributed by atoms with Crippen LogP contribution in [0.5, 0.6) is 0 Å². The van der Waals surface area contributed by atoms with Crippen LogP contribution in [0, 0.1) is 11.8 Å². The Morgan fingerprint density at radius 2 is 1.00 bits per heavy atom. The van der Waals surface area contributed by atoms with Crippen molar-refractivity contribution in [3.8, 4) is 0 Å². The molecule has 0 heterocycles. The third-order valence-corrected chi connectivity index (χ3v) is 6.18. The molecule has 4 atom stereocenters. The summed E-state index contributed by atoms with van der Waals surface area (Å²) in [5, 5.41) is 0. The second-order valence-electron chi connectivity index (χ2n) is 8.49. The molecule has 6 heteroatoms. The Labute approximate surface area is 174 Å². The molecular formula is C23H36O6. The Morgan fingerprint density at radius 1 is 0.621 bits per heavy atom. The number of unbranched alkanes of at least 4 members (excludes halogenated alkanes) is 4. The first kappa shape index (κ1) is 23.6. The van der Waals surface area contributed by atoms with E-state index in [1.807, 2.05) is 0 Å². The lowest BCUT2D eigenvalue weighted by molar-refractivity contribution is -0.155. The standard InChI is InChI=1S/C23H36O6/c24-16-18-10-6-8-12-20(18)28-22(26)14-4-2-1-3-5-15-23(27)29-21-13-9-7-11-19(21)17-25/h16-21H,1-15H2/t18-,19-,20+,21+/m0/s1. The molecule has 0 aliphatic heterocycles. The van der Waals surface area contributed by atoms with E-state index in [1.165, 1.54) is 0 Å². The molecule has 0 aromatic heterocycles. The fraction of sp³-hybridized carbons (Fsp3) is 0.826. The lowest BCUT2D eigenvalue weighted by Crippen LogP contribution is -2.31. The van der Waals surface area contributed by atoms with Crippen molar-refractivity contribution in [3.05, 3.63) is 0 Å². The zero-order valence-corrected chi connectivity index (χ0v) is 17.5. The predicted octanol–water partition coefficient (Wildman–Crippen LogP) is 4.32. The number of carbonyl (C=O) groups excluding carboxylic acids is 4. The zero-order valence-electron chi connectivity index (χ0n) is 17.5. The van der Waals surface area contributed by atoms with E-state index in [-0.39, 0.29) is 36.0 Å². The van der Waals surface area contributed by atoms with Gasteiger partial charge in [-0.25, -0.2) is 0 Å². The van der Waals surface area contributed by atoms with Gasteiger partial charge in [0.15, 0.2) is 0 Å². The minimum atomic E-state index is -0.234. The van der Waals surface area contributed by atoms with E-state index < -0.39 is 0 Å². The molecule has 164 valence electrons. The average molecular weight is 409 g/mol. The first-order chi connectivity index (χ1) is 14.1. The van der Waals surface area contributed by atoms with Crippen molar-refractivity contribution in [3.63, 3.8) is 0 Å². The van der Waals surface area contributed by atoms with Crippen LogP contribution >= 0.6 is 0 Å². The van der Waals surface area contributed by atoms with Gasteiger partial charge in [-0.1, -0.05) is 32.1 Å². The van der Waals surface area contributed by atoms with Crippen molar-refractivity contribution >= 4 is 24.5 Å². The van der Waals surface area contributed by atoms with Gasteiger partial charge in [0.2, 0.25) is 0 Å². The molecule has 29 heavy (non-hydrogen) atoms. The molecule has 2 fully saturated rings. The predicted molar refractivity (Wildman–Crippen MR) is 108 cm³/mol. The summed E-state index contributed by atoms with van der Waals surface area (Å²) in [7, 11) is 0. The number of aldehydes is 2. The molecule has 0 spiro atoms. The molecule has 0 bridgehead atoms. The molecule has 2 aliphatic rings. The maximum absolute atomic E-state index is 12.0. The molecule has 2 aliphatic carbocycles. The van der Waals surface area contributed by atoms with Gasteiger partial charge in [-0.15, -0.1) is 0 Å². The highest BCUT2D eigenvalue weighted by Gasteiger charge is 2.28. The highest BCUT2D eigenvalue weighted by Crippen LogP contribution is 2.27. The highest BCUT2D eigenvalue weighted by molar-refractivity contribution is 5.70. The third-order valence-electron chi connectivity index (χ3n) is 6.18. The van der Waals surface area contributed by atoms with E-state index in [9.17, 15) is 19.2 Å². The first-order valence-corrected chi connectivity index (χ1v) is 11.4. The lowest BCUT2D eigenvalue weighted by Gasteiger charge is -2.27. The number of esters is 2. The molecule has 0 N–H and O–H groups in total. The van der Waals surface area contributed by atoms with Crippen LogP contribution in [-0.2, 0) is 28.7 Å². The Hall–Kier alpha value is -1.72. The SMILES string of the molecule is O=C[C@@H]1CCCC[C@H]1OC(=O)CCCCCCCC(=O)O[C@@H]1CCCC[C@H]1C=O. The van der Waals surface area contributed by atoms with E-state index in [1.54, 1.807) is 0 Å². The molecule has 0 amide bonds. The number of hydrogen-bond acceptors (Lipinski definition) is 6. The van der Waals surface area contributed by atoms with E-state index in [0.29, 0.717) is 12.8 Å². The molecule has 0 radical (unpaired) electrons. The molecule has 2 saturated carbocycles. The first-order valence-electron chi connectivity index (χ1n) is 11.4. The van der Waals surface area contributed by atoms with Crippen molar-refractivity contribution in [2.24, 2.45) is 11.8 Å². The largest absolute Gasteiger partial charge is 0.462 e. The van der Waals surface area contributed by atoms with E-state index in [4.69, 9.17) is 9.47 Å². The van der Waals surface area contributed by atoms with Gasteiger partial charge in [0.25, 0.3) is 0 Å². The number of rotatable bonds is 12. The normalized spacial score (nSPS) is 27.0. The topological polar surface area (TPSA) is 86.7 Å². The third kappa shape index (κ3) is 8.67. The summed E-state index contributed by atoms with van der Waals surface area (Å²) in [5.74, 6) is -0.681. The van der Waals surface area contributed by atoms with Gasteiger partial charge in [-0.05, 0) is 51.4 Å². The second-order valence-corrected chi connectivity index (χ2v) is 8.49. The molecule has 0 aromatic carbocycles. The van der Waals surface area contributed by atoms with Crippen LogP contribution in [0.1, 0.15) is 96.3 Å². The minimum Gasteiger partial charge on any atom is -0.462 e. The maximum Gasteiger partial charge on any atom is 0.306 e. The minimum absolute atomic E-state index is 0.136. The van der Waals surface area contributed by atoms with Gasteiger partial charge in [0, 0.05) is 12.8 Å². The summed E-state index contributed by atoms with van der Waals surface area (Å²) >= 11 is 0. The smallest absolute Gasteiger partial charge is 0.306 e. The van der Waals surface area contributed by atoms with Crippen LogP contribution < -0.4 is 0 Å². The Balaban J connectivity index is 1.48. The number of ether oxygens (including phenoxy) is 2.